The molecular formula is C10H13ClS. The molecule has 1 fully saturated rings. The predicted octanol–water partition coefficient (Wildman–Crippen LogP) is 3.70. The summed E-state index contributed by atoms with van der Waals surface area (Å²) in [5, 5.41) is 2.51. The summed E-state index contributed by atoms with van der Waals surface area (Å²) in [6.45, 7) is 0. The van der Waals surface area contributed by atoms with Crippen LogP contribution >= 0.6 is 22.9 Å². The standard InChI is InChI=1S/C10H13ClS/c11-10(8-3-1-4-8)7-9-5-2-6-12-9/h2,5-6,8,10H,1,3-4,7H2. The molecule has 0 saturated heterocycles. The molecule has 1 heterocycles. The van der Waals surface area contributed by atoms with Gasteiger partial charge in [0.25, 0.3) is 0 Å². The van der Waals surface area contributed by atoms with E-state index in [2.05, 4.69) is 17.5 Å². The smallest absolute Gasteiger partial charge is 0.0412 e. The summed E-state index contributed by atoms with van der Waals surface area (Å²) in [6, 6.07) is 4.28. The molecule has 0 radical (unpaired) electrons. The summed E-state index contributed by atoms with van der Waals surface area (Å²) in [6.07, 6.45) is 5.15. The van der Waals surface area contributed by atoms with Crippen LogP contribution in [0.3, 0.4) is 0 Å². The molecule has 0 spiro atoms. The molecular weight excluding hydrogens is 188 g/mol. The van der Waals surface area contributed by atoms with Gasteiger partial charge >= 0.3 is 0 Å². The number of thiophene rings is 1. The van der Waals surface area contributed by atoms with E-state index in [1.807, 2.05) is 11.3 Å². The first-order chi connectivity index (χ1) is 5.86. The molecule has 0 bridgehead atoms. The lowest BCUT2D eigenvalue weighted by Gasteiger charge is -2.29. The van der Waals surface area contributed by atoms with Crippen LogP contribution in [0.25, 0.3) is 0 Å². The van der Waals surface area contributed by atoms with Gasteiger partial charge in [-0.25, -0.2) is 0 Å². The van der Waals surface area contributed by atoms with Gasteiger partial charge in [0.1, 0.15) is 0 Å². The first-order valence-corrected chi connectivity index (χ1v) is 5.84. The Kier molecular flexibility index (Phi) is 2.72. The number of rotatable bonds is 3. The summed E-state index contributed by atoms with van der Waals surface area (Å²) in [5.74, 6) is 0.800. The van der Waals surface area contributed by atoms with Crippen molar-refractivity contribution in [2.24, 2.45) is 5.92 Å². The second kappa shape index (κ2) is 3.80. The lowest BCUT2D eigenvalue weighted by Crippen LogP contribution is -2.23. The Morgan fingerprint density at radius 2 is 2.42 bits per heavy atom. The summed E-state index contributed by atoms with van der Waals surface area (Å²) < 4.78 is 0. The fourth-order valence-electron chi connectivity index (χ4n) is 1.59. The second-order valence-corrected chi connectivity index (χ2v) is 5.08. The highest BCUT2D eigenvalue weighted by Crippen LogP contribution is 2.34. The normalized spacial score (nSPS) is 20.4. The van der Waals surface area contributed by atoms with Gasteiger partial charge in [-0.15, -0.1) is 22.9 Å². The van der Waals surface area contributed by atoms with Crippen LogP contribution in [0.5, 0.6) is 0 Å². The Morgan fingerprint density at radius 1 is 1.58 bits per heavy atom. The fraction of sp³-hybridized carbons (Fsp3) is 0.600. The molecule has 2 heteroatoms. The van der Waals surface area contributed by atoms with E-state index in [0.717, 1.165) is 12.3 Å². The summed E-state index contributed by atoms with van der Waals surface area (Å²) in [5.41, 5.74) is 0. The van der Waals surface area contributed by atoms with E-state index in [-0.39, 0.29) is 0 Å². The van der Waals surface area contributed by atoms with Gasteiger partial charge in [0, 0.05) is 10.3 Å². The average Bonchev–Trinajstić information content (AvgIpc) is 2.34. The van der Waals surface area contributed by atoms with Crippen molar-refractivity contribution >= 4 is 22.9 Å². The lowest BCUT2D eigenvalue weighted by molar-refractivity contribution is 0.302. The summed E-state index contributed by atoms with van der Waals surface area (Å²) >= 11 is 8.10. The van der Waals surface area contributed by atoms with Crippen LogP contribution in [0.4, 0.5) is 0 Å². The number of halogens is 1. The lowest BCUT2D eigenvalue weighted by atomic mass is 9.81. The molecule has 1 unspecified atom stereocenters. The molecule has 1 aliphatic rings. The van der Waals surface area contributed by atoms with Gasteiger partial charge < -0.3 is 0 Å². The first-order valence-electron chi connectivity index (χ1n) is 4.53. The minimum absolute atomic E-state index is 0.386. The Hall–Kier alpha value is -0.0100. The van der Waals surface area contributed by atoms with Crippen LogP contribution in [-0.4, -0.2) is 5.38 Å². The summed E-state index contributed by atoms with van der Waals surface area (Å²) in [4.78, 5) is 1.43. The molecule has 1 aromatic rings. The molecule has 0 nitrogen and oxygen atoms in total. The van der Waals surface area contributed by atoms with Gasteiger partial charge in [-0.05, 0) is 36.6 Å². The SMILES string of the molecule is ClC(Cc1cccs1)C1CCC1. The van der Waals surface area contributed by atoms with Crippen LogP contribution in [0.1, 0.15) is 24.1 Å². The number of hydrogen-bond acceptors (Lipinski definition) is 1. The highest BCUT2D eigenvalue weighted by atomic mass is 35.5. The Balaban J connectivity index is 1.86. The van der Waals surface area contributed by atoms with Gasteiger partial charge in [-0.3, -0.25) is 0 Å². The molecule has 2 rings (SSSR count). The largest absolute Gasteiger partial charge is 0.149 e. The minimum atomic E-state index is 0.386. The minimum Gasteiger partial charge on any atom is -0.149 e. The van der Waals surface area contributed by atoms with E-state index >= 15 is 0 Å². The third-order valence-corrected chi connectivity index (χ3v) is 4.05. The van der Waals surface area contributed by atoms with Crippen molar-refractivity contribution < 1.29 is 0 Å². The molecule has 1 aromatic heterocycles. The number of alkyl halides is 1. The highest BCUT2D eigenvalue weighted by Gasteiger charge is 2.25. The van der Waals surface area contributed by atoms with Crippen LogP contribution in [0.2, 0.25) is 0 Å². The van der Waals surface area contributed by atoms with Crippen molar-refractivity contribution in [1.82, 2.24) is 0 Å². The van der Waals surface area contributed by atoms with Gasteiger partial charge in [-0.2, -0.15) is 0 Å². The van der Waals surface area contributed by atoms with Crippen molar-refractivity contribution in [1.29, 1.82) is 0 Å². The average molecular weight is 201 g/mol. The maximum Gasteiger partial charge on any atom is 0.0412 e. The number of hydrogen-bond donors (Lipinski definition) is 0. The Morgan fingerprint density at radius 3 is 2.92 bits per heavy atom. The molecule has 1 atom stereocenters. The van der Waals surface area contributed by atoms with E-state index in [1.54, 1.807) is 0 Å². The predicted molar refractivity (Wildman–Crippen MR) is 55.0 cm³/mol. The third-order valence-electron chi connectivity index (χ3n) is 2.64. The second-order valence-electron chi connectivity index (χ2n) is 3.49. The van der Waals surface area contributed by atoms with Crippen molar-refractivity contribution in [2.75, 3.05) is 0 Å². The molecule has 1 aliphatic carbocycles. The van der Waals surface area contributed by atoms with E-state index in [0.29, 0.717) is 5.38 Å². The van der Waals surface area contributed by atoms with Gasteiger partial charge in [0.15, 0.2) is 0 Å². The fourth-order valence-corrected chi connectivity index (χ4v) is 2.86. The van der Waals surface area contributed by atoms with Gasteiger partial charge in [0.05, 0.1) is 0 Å². The molecule has 12 heavy (non-hydrogen) atoms. The zero-order chi connectivity index (χ0) is 8.39. The van der Waals surface area contributed by atoms with E-state index in [4.69, 9.17) is 11.6 Å². The molecule has 0 N–H and O–H groups in total. The molecule has 0 aliphatic heterocycles. The molecule has 66 valence electrons. The monoisotopic (exact) mass is 200 g/mol. The molecule has 0 aromatic carbocycles. The van der Waals surface area contributed by atoms with Crippen LogP contribution in [0, 0.1) is 5.92 Å². The van der Waals surface area contributed by atoms with Crippen LogP contribution < -0.4 is 0 Å². The summed E-state index contributed by atoms with van der Waals surface area (Å²) in [7, 11) is 0. The first kappa shape index (κ1) is 8.58. The maximum atomic E-state index is 6.28. The molecule has 1 saturated carbocycles. The zero-order valence-corrected chi connectivity index (χ0v) is 8.57. The van der Waals surface area contributed by atoms with E-state index in [9.17, 15) is 0 Å². The van der Waals surface area contributed by atoms with E-state index in [1.165, 1.54) is 24.1 Å². The molecule has 0 amide bonds. The van der Waals surface area contributed by atoms with E-state index < -0.39 is 0 Å². The topological polar surface area (TPSA) is 0 Å². The van der Waals surface area contributed by atoms with Crippen molar-refractivity contribution in [3.63, 3.8) is 0 Å². The van der Waals surface area contributed by atoms with Crippen molar-refractivity contribution in [3.05, 3.63) is 22.4 Å². The Bertz CT molecular complexity index is 226. The van der Waals surface area contributed by atoms with Crippen molar-refractivity contribution in [2.45, 2.75) is 31.1 Å². The van der Waals surface area contributed by atoms with Crippen molar-refractivity contribution in [3.8, 4) is 0 Å². The van der Waals surface area contributed by atoms with Crippen LogP contribution in [0.15, 0.2) is 17.5 Å². The van der Waals surface area contributed by atoms with Crippen LogP contribution in [-0.2, 0) is 6.42 Å². The maximum absolute atomic E-state index is 6.28. The highest BCUT2D eigenvalue weighted by molar-refractivity contribution is 7.09. The van der Waals surface area contributed by atoms with Gasteiger partial charge in [0.2, 0.25) is 0 Å². The third kappa shape index (κ3) is 1.83. The zero-order valence-electron chi connectivity index (χ0n) is 7.00. The quantitative estimate of drug-likeness (QED) is 0.653. The Labute approximate surface area is 82.6 Å². The van der Waals surface area contributed by atoms with Gasteiger partial charge in [-0.1, -0.05) is 12.5 Å².